The molecule has 4 N–H and O–H groups in total. The molecule has 270 valence electrons. The molecule has 3 aliphatic carbocycles. The zero-order chi connectivity index (χ0) is 35.2. The molecule has 3 saturated carbocycles. The lowest BCUT2D eigenvalue weighted by atomic mass is 9.78. The average molecular weight is 692 g/mol. The number of likely N-dealkylation sites (tertiary alicyclic amines) is 1. The van der Waals surface area contributed by atoms with Crippen LogP contribution in [-0.4, -0.2) is 90.1 Å². The summed E-state index contributed by atoms with van der Waals surface area (Å²) in [6, 6.07) is -3.42. The molecule has 6 atom stereocenters. The summed E-state index contributed by atoms with van der Waals surface area (Å²) in [7, 11) is -3.35. The molecule has 2 heterocycles. The second kappa shape index (κ2) is 13.5. The van der Waals surface area contributed by atoms with Gasteiger partial charge in [0.15, 0.2) is 9.84 Å². The van der Waals surface area contributed by atoms with Crippen LogP contribution < -0.4 is 21.3 Å². The number of nitrogens with one attached hydrogen (secondary N) is 4. The number of rotatable bonds is 12. The lowest BCUT2D eigenvalue weighted by Gasteiger charge is -2.43. The average Bonchev–Trinajstić information content (AvgIpc) is 3.79. The summed E-state index contributed by atoms with van der Waals surface area (Å²) in [5, 5.41) is 10.9. The summed E-state index contributed by atoms with van der Waals surface area (Å²) in [6.07, 6.45) is 8.28. The third-order valence-corrected chi connectivity index (χ3v) is 14.2. The normalized spacial score (nSPS) is 29.6. The van der Waals surface area contributed by atoms with Gasteiger partial charge in [0.2, 0.25) is 17.6 Å². The number of hydrogen-bond acceptors (Lipinski definition) is 7. The summed E-state index contributed by atoms with van der Waals surface area (Å²) in [4.78, 5) is 69.7. The standard InChI is InChI=1S/C35H57N5O7S/c1-7-8-13-23(27(41)30(43)36-21-15-16-21)37-29(42)26-25-22(34(25,5)6)20-40(26)31(44)28(33(2,3)4)38-32(45)39-35(17-10-9-11-18-35)24-14-12-19-48(24,46)47/h21-26,28H,7-20H2,1-6H3,(H,36,43)(H,37,42)(H2,38,39,45)/t22-,23?,24+,25-,26-,28+/m0/s1. The molecule has 5 amide bonds. The van der Waals surface area contributed by atoms with Crippen molar-refractivity contribution in [2.75, 3.05) is 12.3 Å². The van der Waals surface area contributed by atoms with Gasteiger partial charge in [-0.1, -0.05) is 73.6 Å². The number of nitrogens with zero attached hydrogens (tertiary/aromatic N) is 1. The van der Waals surface area contributed by atoms with Crippen LogP contribution in [-0.2, 0) is 29.0 Å². The van der Waals surface area contributed by atoms with Crippen molar-refractivity contribution in [1.82, 2.24) is 26.2 Å². The van der Waals surface area contributed by atoms with Crippen LogP contribution in [0.15, 0.2) is 0 Å². The van der Waals surface area contributed by atoms with E-state index < -0.39 is 73.7 Å². The monoisotopic (exact) mass is 691 g/mol. The number of urea groups is 1. The predicted molar refractivity (Wildman–Crippen MR) is 181 cm³/mol. The van der Waals surface area contributed by atoms with Crippen LogP contribution in [0.2, 0.25) is 0 Å². The van der Waals surface area contributed by atoms with Gasteiger partial charge in [-0.2, -0.15) is 0 Å². The molecule has 0 spiro atoms. The fraction of sp³-hybridized carbons (Fsp3) is 0.857. The van der Waals surface area contributed by atoms with Crippen molar-refractivity contribution in [3.8, 4) is 0 Å². The van der Waals surface area contributed by atoms with Crippen LogP contribution in [0, 0.1) is 22.7 Å². The maximum atomic E-state index is 14.5. The third kappa shape index (κ3) is 7.40. The predicted octanol–water partition coefficient (Wildman–Crippen LogP) is 2.99. The Morgan fingerprint density at radius 1 is 0.938 bits per heavy atom. The van der Waals surface area contributed by atoms with Gasteiger partial charge in [0.1, 0.15) is 12.1 Å². The third-order valence-electron chi connectivity index (χ3n) is 11.8. The Bertz CT molecular complexity index is 1400. The number of Topliss-reactive ketones (excluding diaryl/α,β-unsaturated/α-hetero) is 1. The molecular weight excluding hydrogens is 634 g/mol. The highest BCUT2D eigenvalue weighted by molar-refractivity contribution is 7.92. The summed E-state index contributed by atoms with van der Waals surface area (Å²) in [5.41, 5.74) is -1.80. The van der Waals surface area contributed by atoms with Gasteiger partial charge < -0.3 is 26.2 Å². The first kappa shape index (κ1) is 36.6. The van der Waals surface area contributed by atoms with Crippen LogP contribution in [0.3, 0.4) is 0 Å². The maximum Gasteiger partial charge on any atom is 0.315 e. The summed E-state index contributed by atoms with van der Waals surface area (Å²) in [5.74, 6) is -2.14. The Morgan fingerprint density at radius 2 is 1.60 bits per heavy atom. The number of hydrogen-bond donors (Lipinski definition) is 4. The highest BCUT2D eigenvalue weighted by Gasteiger charge is 2.70. The first-order valence-electron chi connectivity index (χ1n) is 18.2. The van der Waals surface area contributed by atoms with E-state index in [9.17, 15) is 32.4 Å². The summed E-state index contributed by atoms with van der Waals surface area (Å²) in [6.45, 7) is 12.0. The van der Waals surface area contributed by atoms with E-state index in [0.717, 1.165) is 38.5 Å². The van der Waals surface area contributed by atoms with Crippen LogP contribution >= 0.6 is 0 Å². The van der Waals surface area contributed by atoms with Crippen LogP contribution in [0.5, 0.6) is 0 Å². The number of sulfone groups is 1. The topological polar surface area (TPSA) is 171 Å². The van der Waals surface area contributed by atoms with Gasteiger partial charge in [-0.15, -0.1) is 0 Å². The van der Waals surface area contributed by atoms with Crippen molar-refractivity contribution >= 4 is 39.4 Å². The van der Waals surface area contributed by atoms with Crippen molar-refractivity contribution in [2.24, 2.45) is 22.7 Å². The van der Waals surface area contributed by atoms with Gasteiger partial charge >= 0.3 is 6.03 Å². The number of piperidine rings is 1. The molecule has 2 saturated heterocycles. The minimum atomic E-state index is -3.35. The zero-order valence-electron chi connectivity index (χ0n) is 29.7. The molecule has 0 aromatic rings. The van der Waals surface area contributed by atoms with Crippen molar-refractivity contribution < 1.29 is 32.4 Å². The first-order valence-corrected chi connectivity index (χ1v) is 19.9. The van der Waals surface area contributed by atoms with E-state index in [4.69, 9.17) is 0 Å². The first-order chi connectivity index (χ1) is 22.4. The highest BCUT2D eigenvalue weighted by Crippen LogP contribution is 2.65. The minimum Gasteiger partial charge on any atom is -0.347 e. The van der Waals surface area contributed by atoms with Crippen molar-refractivity contribution in [2.45, 2.75) is 154 Å². The fourth-order valence-corrected chi connectivity index (χ4v) is 11.1. The van der Waals surface area contributed by atoms with Gasteiger partial charge in [0.25, 0.3) is 5.91 Å². The molecule has 0 aromatic heterocycles. The second-order valence-electron chi connectivity index (χ2n) is 16.8. The molecule has 0 radical (unpaired) electrons. The molecule has 5 rings (SSSR count). The second-order valence-corrected chi connectivity index (χ2v) is 19.1. The Morgan fingerprint density at radius 3 is 2.17 bits per heavy atom. The van der Waals surface area contributed by atoms with Gasteiger partial charge in [-0.25, -0.2) is 13.2 Å². The summed E-state index contributed by atoms with van der Waals surface area (Å²) >= 11 is 0. The molecule has 0 bridgehead atoms. The summed E-state index contributed by atoms with van der Waals surface area (Å²) < 4.78 is 26.1. The molecule has 48 heavy (non-hydrogen) atoms. The number of fused-ring (bicyclic) bond motifs is 1. The van der Waals surface area contributed by atoms with Gasteiger partial charge in [0, 0.05) is 12.6 Å². The van der Waals surface area contributed by atoms with E-state index in [0.29, 0.717) is 45.1 Å². The van der Waals surface area contributed by atoms with E-state index in [2.05, 4.69) is 35.1 Å². The Kier molecular flexibility index (Phi) is 10.3. The van der Waals surface area contributed by atoms with Crippen molar-refractivity contribution in [3.05, 3.63) is 0 Å². The lowest BCUT2D eigenvalue weighted by Crippen LogP contribution is -2.65. The minimum absolute atomic E-state index is 0.00883. The molecule has 0 aromatic carbocycles. The Balaban J connectivity index is 1.34. The molecule has 13 heteroatoms. The zero-order valence-corrected chi connectivity index (χ0v) is 30.5. The molecule has 5 aliphatic rings. The highest BCUT2D eigenvalue weighted by atomic mass is 32.2. The van der Waals surface area contributed by atoms with E-state index in [-0.39, 0.29) is 29.0 Å². The van der Waals surface area contributed by atoms with Gasteiger partial charge in [-0.3, -0.25) is 19.2 Å². The fourth-order valence-electron chi connectivity index (χ4n) is 8.72. The van der Waals surface area contributed by atoms with Gasteiger partial charge in [-0.05, 0) is 67.6 Å². The molecule has 12 nitrogen and oxygen atoms in total. The van der Waals surface area contributed by atoms with E-state index >= 15 is 0 Å². The quantitative estimate of drug-likeness (QED) is 0.228. The van der Waals surface area contributed by atoms with E-state index in [1.54, 1.807) is 4.90 Å². The maximum absolute atomic E-state index is 14.5. The van der Waals surface area contributed by atoms with Crippen molar-refractivity contribution in [3.63, 3.8) is 0 Å². The van der Waals surface area contributed by atoms with Crippen LogP contribution in [0.1, 0.15) is 119 Å². The number of ketones is 1. The molecule has 2 aliphatic heterocycles. The number of amides is 5. The van der Waals surface area contributed by atoms with Gasteiger partial charge in [0.05, 0.1) is 22.6 Å². The van der Waals surface area contributed by atoms with E-state index in [1.165, 1.54) is 0 Å². The van der Waals surface area contributed by atoms with E-state index in [1.807, 2.05) is 27.7 Å². The molecular formula is C35H57N5O7S. The Hall–Kier alpha value is -2.70. The van der Waals surface area contributed by atoms with Crippen LogP contribution in [0.4, 0.5) is 4.79 Å². The van der Waals surface area contributed by atoms with Crippen LogP contribution in [0.25, 0.3) is 0 Å². The van der Waals surface area contributed by atoms with Crippen molar-refractivity contribution in [1.29, 1.82) is 0 Å². The smallest absolute Gasteiger partial charge is 0.315 e. The molecule has 5 fully saturated rings. The number of unbranched alkanes of at least 4 members (excludes halogenated alkanes) is 1. The SMILES string of the molecule is CCCCC(NC(=O)[C@@H]1[C@@H]2[C@H](CN1C(=O)[C@@H](NC(=O)NC1([C@H]3CCCS3(=O)=O)CCCCC1)C(C)(C)C)C2(C)C)C(=O)C(=O)NC1CC1. The Labute approximate surface area is 286 Å². The molecule has 1 unspecified atom stereocenters. The lowest BCUT2D eigenvalue weighted by molar-refractivity contribution is -0.145. The largest absolute Gasteiger partial charge is 0.347 e. The number of carbonyl (C=O) groups excluding carboxylic acids is 5. The number of carbonyl (C=O) groups is 5.